The van der Waals surface area contributed by atoms with Crippen LogP contribution in [0.2, 0.25) is 0 Å². The van der Waals surface area contributed by atoms with Crippen LogP contribution in [0.4, 0.5) is 5.82 Å². The van der Waals surface area contributed by atoms with Gasteiger partial charge in [-0.25, -0.2) is 4.98 Å². The lowest BCUT2D eigenvalue weighted by Crippen LogP contribution is -2.42. The Bertz CT molecular complexity index is 378. The quantitative estimate of drug-likeness (QED) is 0.868. The number of nitrogens with one attached hydrogen (secondary N) is 1. The number of likely N-dealkylation sites (N-methyl/N-ethyl adjacent to an activating group) is 1. The molecule has 0 aliphatic carbocycles. The van der Waals surface area contributed by atoms with E-state index in [1.807, 2.05) is 20.0 Å². The maximum atomic E-state index is 4.53. The van der Waals surface area contributed by atoms with Crippen molar-refractivity contribution in [3.63, 3.8) is 0 Å². The molecule has 17 heavy (non-hydrogen) atoms. The van der Waals surface area contributed by atoms with E-state index in [0.717, 1.165) is 30.3 Å². The van der Waals surface area contributed by atoms with Gasteiger partial charge in [0.05, 0.1) is 17.6 Å². The maximum absolute atomic E-state index is 4.53. The van der Waals surface area contributed by atoms with Crippen molar-refractivity contribution in [3.05, 3.63) is 17.6 Å². The summed E-state index contributed by atoms with van der Waals surface area (Å²) >= 11 is 0. The number of nitrogens with zero attached hydrogens (tertiary/aromatic N) is 3. The van der Waals surface area contributed by atoms with Crippen molar-refractivity contribution < 1.29 is 0 Å². The molecule has 0 radical (unpaired) electrons. The molecule has 1 atom stereocenters. The van der Waals surface area contributed by atoms with Gasteiger partial charge in [-0.3, -0.25) is 4.98 Å². The molecule has 1 aliphatic heterocycles. The second-order valence-electron chi connectivity index (χ2n) is 4.80. The number of likely N-dealkylation sites (tertiary alicyclic amines) is 1. The van der Waals surface area contributed by atoms with Crippen LogP contribution >= 0.6 is 0 Å². The van der Waals surface area contributed by atoms with Crippen LogP contribution in [0.25, 0.3) is 0 Å². The number of anilines is 1. The highest BCUT2D eigenvalue weighted by Gasteiger charge is 2.18. The fraction of sp³-hybridized carbons (Fsp3) is 0.692. The summed E-state index contributed by atoms with van der Waals surface area (Å²) < 4.78 is 0. The molecule has 94 valence electrons. The molecule has 1 unspecified atom stereocenters. The number of aromatic nitrogens is 2. The lowest BCUT2D eigenvalue weighted by Gasteiger charge is -2.32. The standard InChI is InChI=1S/C13H22N4/c1-4-17-7-5-6-12(9-17)16-13-8-14-10(2)11(3)15-13/h8,12H,4-7,9H2,1-3H3,(H,15,16). The van der Waals surface area contributed by atoms with Crippen LogP contribution < -0.4 is 5.32 Å². The first-order valence-corrected chi connectivity index (χ1v) is 6.48. The summed E-state index contributed by atoms with van der Waals surface area (Å²) in [6.45, 7) is 9.70. The topological polar surface area (TPSA) is 41.0 Å². The predicted molar refractivity (Wildman–Crippen MR) is 70.3 cm³/mol. The zero-order chi connectivity index (χ0) is 12.3. The second kappa shape index (κ2) is 5.45. The number of hydrogen-bond donors (Lipinski definition) is 1. The highest BCUT2D eigenvalue weighted by atomic mass is 15.2. The number of hydrogen-bond acceptors (Lipinski definition) is 4. The molecule has 1 aromatic rings. The van der Waals surface area contributed by atoms with Crippen molar-refractivity contribution >= 4 is 5.82 Å². The molecule has 0 amide bonds. The van der Waals surface area contributed by atoms with E-state index in [1.54, 1.807) is 0 Å². The Hall–Kier alpha value is -1.16. The zero-order valence-corrected chi connectivity index (χ0v) is 11.0. The summed E-state index contributed by atoms with van der Waals surface area (Å²) in [6.07, 6.45) is 4.34. The summed E-state index contributed by atoms with van der Waals surface area (Å²) in [6, 6.07) is 0.514. The smallest absolute Gasteiger partial charge is 0.145 e. The fourth-order valence-electron chi connectivity index (χ4n) is 2.28. The van der Waals surface area contributed by atoms with E-state index >= 15 is 0 Å². The minimum atomic E-state index is 0.514. The van der Waals surface area contributed by atoms with E-state index in [9.17, 15) is 0 Å². The van der Waals surface area contributed by atoms with E-state index in [1.165, 1.54) is 19.4 Å². The van der Waals surface area contributed by atoms with E-state index < -0.39 is 0 Å². The lowest BCUT2D eigenvalue weighted by molar-refractivity contribution is 0.226. The van der Waals surface area contributed by atoms with E-state index in [0.29, 0.717) is 6.04 Å². The van der Waals surface area contributed by atoms with Gasteiger partial charge in [0, 0.05) is 12.6 Å². The zero-order valence-electron chi connectivity index (χ0n) is 11.0. The molecule has 1 fully saturated rings. The van der Waals surface area contributed by atoms with Gasteiger partial charge >= 0.3 is 0 Å². The summed E-state index contributed by atoms with van der Waals surface area (Å²) in [5.41, 5.74) is 2.02. The van der Waals surface area contributed by atoms with Gasteiger partial charge in [-0.15, -0.1) is 0 Å². The highest BCUT2D eigenvalue weighted by Crippen LogP contribution is 2.14. The molecular formula is C13H22N4. The summed E-state index contributed by atoms with van der Waals surface area (Å²) in [5, 5.41) is 3.50. The molecule has 1 aliphatic rings. The predicted octanol–water partition coefficient (Wildman–Crippen LogP) is 1.99. The van der Waals surface area contributed by atoms with Crippen LogP contribution in [0.3, 0.4) is 0 Å². The van der Waals surface area contributed by atoms with Gasteiger partial charge < -0.3 is 10.2 Å². The van der Waals surface area contributed by atoms with Gasteiger partial charge in [-0.1, -0.05) is 6.92 Å². The average Bonchev–Trinajstić information content (AvgIpc) is 2.34. The molecule has 0 spiro atoms. The van der Waals surface area contributed by atoms with Crippen molar-refractivity contribution in [1.29, 1.82) is 0 Å². The van der Waals surface area contributed by atoms with Gasteiger partial charge in [0.25, 0.3) is 0 Å². The summed E-state index contributed by atoms with van der Waals surface area (Å²) in [7, 11) is 0. The SMILES string of the molecule is CCN1CCCC(Nc2cnc(C)c(C)n2)C1. The van der Waals surface area contributed by atoms with Gasteiger partial charge in [-0.2, -0.15) is 0 Å². The monoisotopic (exact) mass is 234 g/mol. The van der Waals surface area contributed by atoms with Crippen LogP contribution in [0.5, 0.6) is 0 Å². The fourth-order valence-corrected chi connectivity index (χ4v) is 2.28. The molecule has 4 nitrogen and oxygen atoms in total. The van der Waals surface area contributed by atoms with E-state index in [2.05, 4.69) is 27.1 Å². The Morgan fingerprint density at radius 3 is 2.94 bits per heavy atom. The molecule has 2 heterocycles. The summed E-state index contributed by atoms with van der Waals surface area (Å²) in [4.78, 5) is 11.4. The molecule has 1 N–H and O–H groups in total. The van der Waals surface area contributed by atoms with E-state index in [4.69, 9.17) is 0 Å². The number of rotatable bonds is 3. The van der Waals surface area contributed by atoms with Crippen LogP contribution in [-0.4, -0.2) is 40.5 Å². The van der Waals surface area contributed by atoms with E-state index in [-0.39, 0.29) is 0 Å². The van der Waals surface area contributed by atoms with Crippen molar-refractivity contribution in [1.82, 2.24) is 14.9 Å². The molecule has 0 saturated carbocycles. The number of aryl methyl sites for hydroxylation is 2. The Morgan fingerprint density at radius 2 is 2.24 bits per heavy atom. The molecule has 0 bridgehead atoms. The van der Waals surface area contributed by atoms with Gasteiger partial charge in [-0.05, 0) is 39.8 Å². The first-order chi connectivity index (χ1) is 8.19. The lowest BCUT2D eigenvalue weighted by atomic mass is 10.1. The first kappa shape index (κ1) is 12.3. The largest absolute Gasteiger partial charge is 0.365 e. The Labute approximate surface area is 103 Å². The van der Waals surface area contributed by atoms with Crippen molar-refractivity contribution in [2.24, 2.45) is 0 Å². The molecular weight excluding hydrogens is 212 g/mol. The van der Waals surface area contributed by atoms with Crippen LogP contribution in [0, 0.1) is 13.8 Å². The van der Waals surface area contributed by atoms with Gasteiger partial charge in [0.2, 0.25) is 0 Å². The van der Waals surface area contributed by atoms with Crippen molar-refractivity contribution in [2.45, 2.75) is 39.7 Å². The third-order valence-corrected chi connectivity index (χ3v) is 3.50. The van der Waals surface area contributed by atoms with Gasteiger partial charge in [0.15, 0.2) is 0 Å². The highest BCUT2D eigenvalue weighted by molar-refractivity contribution is 5.34. The Morgan fingerprint density at radius 1 is 1.41 bits per heavy atom. The normalized spacial score (nSPS) is 21.5. The average molecular weight is 234 g/mol. The van der Waals surface area contributed by atoms with Gasteiger partial charge in [0.1, 0.15) is 5.82 Å². The second-order valence-corrected chi connectivity index (χ2v) is 4.80. The van der Waals surface area contributed by atoms with Crippen molar-refractivity contribution in [3.8, 4) is 0 Å². The number of piperidine rings is 1. The Kier molecular flexibility index (Phi) is 3.94. The first-order valence-electron chi connectivity index (χ1n) is 6.48. The molecule has 0 aromatic carbocycles. The minimum absolute atomic E-state index is 0.514. The summed E-state index contributed by atoms with van der Waals surface area (Å²) in [5.74, 6) is 0.913. The van der Waals surface area contributed by atoms with Crippen LogP contribution in [-0.2, 0) is 0 Å². The third-order valence-electron chi connectivity index (χ3n) is 3.50. The maximum Gasteiger partial charge on any atom is 0.145 e. The molecule has 1 saturated heterocycles. The molecule has 2 rings (SSSR count). The Balaban J connectivity index is 1.97. The minimum Gasteiger partial charge on any atom is -0.365 e. The molecule has 4 heteroatoms. The van der Waals surface area contributed by atoms with Crippen LogP contribution in [0.1, 0.15) is 31.2 Å². The third kappa shape index (κ3) is 3.16. The van der Waals surface area contributed by atoms with Crippen LogP contribution in [0.15, 0.2) is 6.20 Å². The van der Waals surface area contributed by atoms with Crippen molar-refractivity contribution in [2.75, 3.05) is 25.0 Å². The molecule has 1 aromatic heterocycles.